The van der Waals surface area contributed by atoms with Gasteiger partial charge >= 0.3 is 5.97 Å². The Bertz CT molecular complexity index is 144. The first kappa shape index (κ1) is 6.10. The van der Waals surface area contributed by atoms with Crippen LogP contribution in [-0.2, 0) is 9.53 Å². The second kappa shape index (κ2) is 2.50. The minimum absolute atomic E-state index is 0.281. The molecular weight excluding hydrogens is 120 g/mol. The lowest BCUT2D eigenvalue weighted by Crippen LogP contribution is -2.37. The molecule has 0 amide bonds. The lowest BCUT2D eigenvalue weighted by Gasteiger charge is -2.04. The summed E-state index contributed by atoms with van der Waals surface area (Å²) in [4.78, 5) is 10.6. The molecule has 0 radical (unpaired) electrons. The molecule has 1 heterocycles. The van der Waals surface area contributed by atoms with E-state index in [9.17, 15) is 4.79 Å². The Balaban J connectivity index is 2.43. The number of hydrogen-bond acceptors (Lipinski definition) is 4. The van der Waals surface area contributed by atoms with Crippen LogP contribution in [0.1, 0.15) is 0 Å². The lowest BCUT2D eigenvalue weighted by molar-refractivity contribution is -0.141. The summed E-state index contributed by atoms with van der Waals surface area (Å²) < 4.78 is 4.44. The van der Waals surface area contributed by atoms with Crippen LogP contribution in [0.3, 0.4) is 0 Å². The molecule has 0 aromatic rings. The number of methoxy groups -OCH3 is 1. The number of carbonyl (C=O) groups excluding carboxylic acids is 1. The first-order chi connectivity index (χ1) is 4.34. The number of hydrogen-bond donors (Lipinski definition) is 2. The Kier molecular flexibility index (Phi) is 1.69. The molecule has 0 aromatic carbocycles. The minimum Gasteiger partial charge on any atom is -0.468 e. The van der Waals surface area contributed by atoms with Gasteiger partial charge in [0.1, 0.15) is 6.04 Å². The van der Waals surface area contributed by atoms with Crippen LogP contribution >= 0.6 is 0 Å². The van der Waals surface area contributed by atoms with Gasteiger partial charge in [-0.05, 0) is 6.08 Å². The van der Waals surface area contributed by atoms with Crippen LogP contribution in [0, 0.1) is 0 Å². The van der Waals surface area contributed by atoms with E-state index in [2.05, 4.69) is 15.6 Å². The fraction of sp³-hybridized carbons (Fsp3) is 0.400. The van der Waals surface area contributed by atoms with Gasteiger partial charge in [0.2, 0.25) is 0 Å². The zero-order valence-corrected chi connectivity index (χ0v) is 5.05. The van der Waals surface area contributed by atoms with Crippen LogP contribution in [0.25, 0.3) is 0 Å². The molecule has 4 heteroatoms. The maximum atomic E-state index is 10.6. The summed E-state index contributed by atoms with van der Waals surface area (Å²) in [5.41, 5.74) is 5.33. The molecule has 2 N–H and O–H groups in total. The monoisotopic (exact) mass is 128 g/mol. The van der Waals surface area contributed by atoms with Crippen molar-refractivity contribution in [2.75, 3.05) is 7.11 Å². The van der Waals surface area contributed by atoms with Crippen molar-refractivity contribution in [3.05, 3.63) is 12.3 Å². The van der Waals surface area contributed by atoms with Crippen LogP contribution in [0.5, 0.6) is 0 Å². The average molecular weight is 128 g/mol. The van der Waals surface area contributed by atoms with Crippen molar-refractivity contribution in [1.29, 1.82) is 0 Å². The topological polar surface area (TPSA) is 50.4 Å². The highest BCUT2D eigenvalue weighted by atomic mass is 16.5. The zero-order valence-electron chi connectivity index (χ0n) is 5.05. The van der Waals surface area contributed by atoms with Gasteiger partial charge in [0.25, 0.3) is 0 Å². The lowest BCUT2D eigenvalue weighted by atomic mass is 10.3. The van der Waals surface area contributed by atoms with Crippen LogP contribution in [-0.4, -0.2) is 19.1 Å². The Hall–Kier alpha value is -1.03. The van der Waals surface area contributed by atoms with Gasteiger partial charge in [0.15, 0.2) is 0 Å². The second-order valence-corrected chi connectivity index (χ2v) is 1.65. The van der Waals surface area contributed by atoms with E-state index in [-0.39, 0.29) is 12.0 Å². The Morgan fingerprint density at radius 2 is 2.56 bits per heavy atom. The van der Waals surface area contributed by atoms with E-state index in [0.29, 0.717) is 0 Å². The predicted molar refractivity (Wildman–Crippen MR) is 31.2 cm³/mol. The molecule has 1 aliphatic heterocycles. The van der Waals surface area contributed by atoms with Gasteiger partial charge < -0.3 is 10.2 Å². The summed E-state index contributed by atoms with van der Waals surface area (Å²) >= 11 is 0. The van der Waals surface area contributed by atoms with Crippen molar-refractivity contribution < 1.29 is 9.53 Å². The Morgan fingerprint density at radius 1 is 1.78 bits per heavy atom. The van der Waals surface area contributed by atoms with Crippen molar-refractivity contribution >= 4 is 5.97 Å². The SMILES string of the molecule is COC(=O)C1C=CNN1. The van der Waals surface area contributed by atoms with Crippen LogP contribution in [0.15, 0.2) is 12.3 Å². The van der Waals surface area contributed by atoms with Gasteiger partial charge in [-0.25, -0.2) is 10.2 Å². The van der Waals surface area contributed by atoms with Crippen LogP contribution < -0.4 is 10.9 Å². The van der Waals surface area contributed by atoms with E-state index in [1.54, 1.807) is 12.3 Å². The Morgan fingerprint density at radius 3 is 3.00 bits per heavy atom. The average Bonchev–Trinajstić information content (AvgIpc) is 2.37. The third kappa shape index (κ3) is 1.20. The molecule has 1 atom stereocenters. The molecule has 0 saturated carbocycles. The number of hydrazine groups is 1. The highest BCUT2D eigenvalue weighted by Gasteiger charge is 2.16. The highest BCUT2D eigenvalue weighted by molar-refractivity contribution is 5.78. The molecule has 0 aliphatic carbocycles. The van der Waals surface area contributed by atoms with Gasteiger partial charge in [-0.15, -0.1) is 0 Å². The maximum absolute atomic E-state index is 10.6. The predicted octanol–water partition coefficient (Wildman–Crippen LogP) is -0.851. The summed E-state index contributed by atoms with van der Waals surface area (Å²) in [7, 11) is 1.36. The standard InChI is InChI=1S/C5H8N2O2/c1-9-5(8)4-2-3-6-7-4/h2-4,6-7H,1H3. The van der Waals surface area contributed by atoms with Crippen molar-refractivity contribution in [2.45, 2.75) is 6.04 Å². The number of rotatable bonds is 1. The molecule has 9 heavy (non-hydrogen) atoms. The van der Waals surface area contributed by atoms with Gasteiger partial charge in [-0.2, -0.15) is 0 Å². The number of ether oxygens (including phenoxy) is 1. The molecule has 1 aliphatic rings. The largest absolute Gasteiger partial charge is 0.468 e. The fourth-order valence-corrected chi connectivity index (χ4v) is 0.595. The smallest absolute Gasteiger partial charge is 0.328 e. The molecule has 50 valence electrons. The Labute approximate surface area is 52.8 Å². The summed E-state index contributed by atoms with van der Waals surface area (Å²) in [6.07, 6.45) is 3.34. The van der Waals surface area contributed by atoms with Gasteiger partial charge in [0, 0.05) is 6.20 Å². The third-order valence-corrected chi connectivity index (χ3v) is 1.07. The van der Waals surface area contributed by atoms with Crippen molar-refractivity contribution in [3.8, 4) is 0 Å². The minimum atomic E-state index is -0.324. The second-order valence-electron chi connectivity index (χ2n) is 1.65. The molecule has 0 bridgehead atoms. The molecule has 0 saturated heterocycles. The van der Waals surface area contributed by atoms with Crippen molar-refractivity contribution in [2.24, 2.45) is 0 Å². The van der Waals surface area contributed by atoms with E-state index in [4.69, 9.17) is 0 Å². The van der Waals surface area contributed by atoms with E-state index in [0.717, 1.165) is 0 Å². The quantitative estimate of drug-likeness (QED) is 0.452. The van der Waals surface area contributed by atoms with E-state index < -0.39 is 0 Å². The van der Waals surface area contributed by atoms with Crippen LogP contribution in [0.4, 0.5) is 0 Å². The molecule has 4 nitrogen and oxygen atoms in total. The normalized spacial score (nSPS) is 23.4. The number of nitrogens with one attached hydrogen (secondary N) is 2. The fourth-order valence-electron chi connectivity index (χ4n) is 0.595. The summed E-state index contributed by atoms with van der Waals surface area (Å²) in [6, 6.07) is -0.324. The molecular formula is C5H8N2O2. The van der Waals surface area contributed by atoms with E-state index >= 15 is 0 Å². The third-order valence-electron chi connectivity index (χ3n) is 1.07. The first-order valence-electron chi connectivity index (χ1n) is 2.60. The van der Waals surface area contributed by atoms with Gasteiger partial charge in [0.05, 0.1) is 7.11 Å². The number of carbonyl (C=O) groups is 1. The summed E-state index contributed by atoms with van der Waals surface area (Å²) in [5.74, 6) is -0.281. The summed E-state index contributed by atoms with van der Waals surface area (Å²) in [5, 5.41) is 0. The molecule has 1 rings (SSSR count). The van der Waals surface area contributed by atoms with Crippen LogP contribution in [0.2, 0.25) is 0 Å². The van der Waals surface area contributed by atoms with E-state index in [1.165, 1.54) is 7.11 Å². The first-order valence-corrected chi connectivity index (χ1v) is 2.60. The van der Waals surface area contributed by atoms with Gasteiger partial charge in [-0.1, -0.05) is 0 Å². The zero-order chi connectivity index (χ0) is 6.69. The molecule has 1 unspecified atom stereocenters. The number of esters is 1. The molecule has 0 spiro atoms. The van der Waals surface area contributed by atoms with Gasteiger partial charge in [-0.3, -0.25) is 0 Å². The van der Waals surface area contributed by atoms with Crippen molar-refractivity contribution in [1.82, 2.24) is 10.9 Å². The summed E-state index contributed by atoms with van der Waals surface area (Å²) in [6.45, 7) is 0. The highest BCUT2D eigenvalue weighted by Crippen LogP contribution is 1.92. The van der Waals surface area contributed by atoms with Crippen molar-refractivity contribution in [3.63, 3.8) is 0 Å². The maximum Gasteiger partial charge on any atom is 0.328 e. The molecule has 0 aromatic heterocycles. The van der Waals surface area contributed by atoms with E-state index in [1.807, 2.05) is 0 Å². The molecule has 0 fully saturated rings.